The monoisotopic (exact) mass is 493 g/mol. The first-order valence-corrected chi connectivity index (χ1v) is 12.7. The molecule has 35 heavy (non-hydrogen) atoms. The molecule has 2 N–H and O–H groups in total. The van der Waals surface area contributed by atoms with Gasteiger partial charge in [0.15, 0.2) is 0 Å². The summed E-state index contributed by atoms with van der Waals surface area (Å²) in [4.78, 5) is 24.8. The number of methoxy groups -OCH3 is 1. The molecular formula is C28H31NO5S. The summed E-state index contributed by atoms with van der Waals surface area (Å²) in [5.41, 5.74) is 5.09. The molecule has 0 radical (unpaired) electrons. The highest BCUT2D eigenvalue weighted by Crippen LogP contribution is 2.29. The van der Waals surface area contributed by atoms with Gasteiger partial charge >= 0.3 is 5.97 Å². The number of carbonyl (C=O) groups is 2. The molecule has 7 heteroatoms. The van der Waals surface area contributed by atoms with E-state index in [9.17, 15) is 14.7 Å². The first kappa shape index (κ1) is 26.3. The van der Waals surface area contributed by atoms with Gasteiger partial charge in [0.05, 0.1) is 20.3 Å². The smallest absolute Gasteiger partial charge is 0.326 e. The molecule has 3 aromatic rings. The van der Waals surface area contributed by atoms with E-state index in [1.54, 1.807) is 24.9 Å². The van der Waals surface area contributed by atoms with Gasteiger partial charge in [-0.25, -0.2) is 4.79 Å². The summed E-state index contributed by atoms with van der Waals surface area (Å²) in [5.74, 6) is 0.00625. The van der Waals surface area contributed by atoms with Gasteiger partial charge in [-0.2, -0.15) is 11.8 Å². The van der Waals surface area contributed by atoms with Gasteiger partial charge in [-0.05, 0) is 77.4 Å². The van der Waals surface area contributed by atoms with E-state index in [1.165, 1.54) is 0 Å². The number of carbonyl (C=O) groups excluding carboxylic acids is 1. The topological polar surface area (TPSA) is 84.9 Å². The second kappa shape index (κ2) is 13.0. The number of benzene rings is 3. The van der Waals surface area contributed by atoms with E-state index in [0.29, 0.717) is 31.0 Å². The van der Waals surface area contributed by atoms with Crippen molar-refractivity contribution in [2.24, 2.45) is 0 Å². The number of amides is 1. The molecule has 0 heterocycles. The standard InChI is InChI=1S/C28H31NO5S/c1-19-6-4-5-7-23(19)25-16-21(18-34-17-20-8-11-22(33-2)12-9-20)10-13-24(25)27(30)29-26(28(31)32)14-15-35-3/h4-13,16,26H,14-15,17-18H2,1-3H3,(H,29,30)(H,31,32)/t26-/m0/s1. The third-order valence-electron chi connectivity index (χ3n) is 5.67. The van der Waals surface area contributed by atoms with Crippen LogP contribution in [0.4, 0.5) is 0 Å². The molecule has 184 valence electrons. The zero-order chi connectivity index (χ0) is 25.2. The van der Waals surface area contributed by atoms with Crippen molar-refractivity contribution in [3.63, 3.8) is 0 Å². The average Bonchev–Trinajstić information content (AvgIpc) is 2.87. The van der Waals surface area contributed by atoms with Crippen molar-refractivity contribution in [3.8, 4) is 16.9 Å². The van der Waals surface area contributed by atoms with E-state index in [2.05, 4.69) is 5.32 Å². The van der Waals surface area contributed by atoms with E-state index in [-0.39, 0.29) is 0 Å². The van der Waals surface area contributed by atoms with Gasteiger partial charge in [0.1, 0.15) is 11.8 Å². The van der Waals surface area contributed by atoms with Crippen LogP contribution in [0, 0.1) is 6.92 Å². The maximum Gasteiger partial charge on any atom is 0.326 e. The second-order valence-electron chi connectivity index (χ2n) is 8.18. The lowest BCUT2D eigenvalue weighted by Gasteiger charge is -2.18. The number of ether oxygens (including phenoxy) is 2. The maximum absolute atomic E-state index is 13.2. The minimum Gasteiger partial charge on any atom is -0.497 e. The van der Waals surface area contributed by atoms with Gasteiger partial charge in [0, 0.05) is 5.56 Å². The minimum absolute atomic E-state index is 0.360. The number of nitrogens with one attached hydrogen (secondary N) is 1. The van der Waals surface area contributed by atoms with Crippen LogP contribution in [0.15, 0.2) is 66.7 Å². The predicted octanol–water partition coefficient (Wildman–Crippen LogP) is 5.32. The van der Waals surface area contributed by atoms with Gasteiger partial charge in [-0.3, -0.25) is 4.79 Å². The number of aryl methyl sites for hydroxylation is 1. The molecule has 0 saturated heterocycles. The molecule has 1 atom stereocenters. The fraction of sp³-hybridized carbons (Fsp3) is 0.286. The van der Waals surface area contributed by atoms with E-state index < -0.39 is 17.9 Å². The largest absolute Gasteiger partial charge is 0.497 e. The molecule has 3 rings (SSSR count). The fourth-order valence-corrected chi connectivity index (χ4v) is 4.19. The SMILES string of the molecule is COc1ccc(COCc2ccc(C(=O)N[C@@H](CCSC)C(=O)O)c(-c3ccccc3C)c2)cc1. The van der Waals surface area contributed by atoms with E-state index in [4.69, 9.17) is 9.47 Å². The number of hydrogen-bond acceptors (Lipinski definition) is 5. The lowest BCUT2D eigenvalue weighted by atomic mass is 9.93. The molecule has 0 aliphatic rings. The van der Waals surface area contributed by atoms with Crippen LogP contribution in [0.25, 0.3) is 11.1 Å². The number of carboxylic acid groups (broad SMARTS) is 1. The summed E-state index contributed by atoms with van der Waals surface area (Å²) in [5, 5.41) is 12.2. The molecule has 3 aromatic carbocycles. The summed E-state index contributed by atoms with van der Waals surface area (Å²) in [6.07, 6.45) is 2.27. The molecule has 0 unspecified atom stereocenters. The number of rotatable bonds is 12. The quantitative estimate of drug-likeness (QED) is 0.355. The van der Waals surface area contributed by atoms with Gasteiger partial charge in [0.25, 0.3) is 5.91 Å². The molecule has 0 aliphatic heterocycles. The van der Waals surface area contributed by atoms with Crippen LogP contribution in [-0.2, 0) is 22.7 Å². The third-order valence-corrected chi connectivity index (χ3v) is 6.32. The number of hydrogen-bond donors (Lipinski definition) is 2. The highest BCUT2D eigenvalue weighted by atomic mass is 32.2. The van der Waals surface area contributed by atoms with Crippen molar-refractivity contribution in [2.75, 3.05) is 19.1 Å². The van der Waals surface area contributed by atoms with Crippen molar-refractivity contribution in [1.82, 2.24) is 5.32 Å². The normalized spacial score (nSPS) is 11.6. The number of thioether (sulfide) groups is 1. The van der Waals surface area contributed by atoms with Gasteiger partial charge in [-0.15, -0.1) is 0 Å². The Morgan fingerprint density at radius 3 is 2.31 bits per heavy atom. The molecule has 0 saturated carbocycles. The Morgan fingerprint density at radius 1 is 0.971 bits per heavy atom. The molecule has 0 bridgehead atoms. The Balaban J connectivity index is 1.82. The lowest BCUT2D eigenvalue weighted by Crippen LogP contribution is -2.41. The van der Waals surface area contributed by atoms with Crippen molar-refractivity contribution in [2.45, 2.75) is 32.6 Å². The van der Waals surface area contributed by atoms with Crippen LogP contribution in [0.3, 0.4) is 0 Å². The van der Waals surface area contributed by atoms with Crippen molar-refractivity contribution >= 4 is 23.6 Å². The molecule has 0 aliphatic carbocycles. The maximum atomic E-state index is 13.2. The van der Waals surface area contributed by atoms with E-state index >= 15 is 0 Å². The van der Waals surface area contributed by atoms with Crippen molar-refractivity contribution < 1.29 is 24.2 Å². The van der Waals surface area contributed by atoms with Crippen LogP contribution in [0.2, 0.25) is 0 Å². The zero-order valence-electron chi connectivity index (χ0n) is 20.2. The highest BCUT2D eigenvalue weighted by Gasteiger charge is 2.22. The Labute approximate surface area is 210 Å². The summed E-state index contributed by atoms with van der Waals surface area (Å²) in [6, 6.07) is 20.1. The van der Waals surface area contributed by atoms with Crippen molar-refractivity contribution in [3.05, 3.63) is 89.0 Å². The highest BCUT2D eigenvalue weighted by molar-refractivity contribution is 7.98. The fourth-order valence-electron chi connectivity index (χ4n) is 3.71. The van der Waals surface area contributed by atoms with Gasteiger partial charge in [-0.1, -0.05) is 42.5 Å². The Kier molecular flexibility index (Phi) is 9.76. The van der Waals surface area contributed by atoms with Crippen LogP contribution in [0.1, 0.15) is 33.5 Å². The summed E-state index contributed by atoms with van der Waals surface area (Å²) >= 11 is 1.55. The molecule has 6 nitrogen and oxygen atoms in total. The first-order chi connectivity index (χ1) is 16.9. The Bertz CT molecular complexity index is 1150. The number of carboxylic acids is 1. The zero-order valence-corrected chi connectivity index (χ0v) is 21.1. The van der Waals surface area contributed by atoms with Crippen LogP contribution in [0.5, 0.6) is 5.75 Å². The lowest BCUT2D eigenvalue weighted by molar-refractivity contribution is -0.139. The van der Waals surface area contributed by atoms with Crippen LogP contribution in [-0.4, -0.2) is 42.1 Å². The summed E-state index contributed by atoms with van der Waals surface area (Å²) < 4.78 is 11.1. The third kappa shape index (κ3) is 7.34. The van der Waals surface area contributed by atoms with Gasteiger partial charge in [0.2, 0.25) is 0 Å². The number of aliphatic carboxylic acids is 1. The summed E-state index contributed by atoms with van der Waals surface area (Å²) in [7, 11) is 1.63. The molecule has 0 fully saturated rings. The molecule has 0 aromatic heterocycles. The molecular weight excluding hydrogens is 462 g/mol. The van der Waals surface area contributed by atoms with Crippen molar-refractivity contribution in [1.29, 1.82) is 0 Å². The summed E-state index contributed by atoms with van der Waals surface area (Å²) in [6.45, 7) is 2.81. The molecule has 1 amide bonds. The Morgan fingerprint density at radius 2 is 1.66 bits per heavy atom. The second-order valence-corrected chi connectivity index (χ2v) is 9.17. The average molecular weight is 494 g/mol. The molecule has 0 spiro atoms. The van der Waals surface area contributed by atoms with Crippen LogP contribution >= 0.6 is 11.8 Å². The minimum atomic E-state index is -1.03. The van der Waals surface area contributed by atoms with Gasteiger partial charge < -0.3 is 19.9 Å². The van der Waals surface area contributed by atoms with E-state index in [1.807, 2.05) is 73.8 Å². The Hall–Kier alpha value is -3.29. The van der Waals surface area contributed by atoms with E-state index in [0.717, 1.165) is 33.6 Å². The first-order valence-electron chi connectivity index (χ1n) is 11.3. The van der Waals surface area contributed by atoms with Crippen LogP contribution < -0.4 is 10.1 Å². The predicted molar refractivity (Wildman–Crippen MR) is 140 cm³/mol.